The van der Waals surface area contributed by atoms with Gasteiger partial charge in [-0.1, -0.05) is 6.92 Å². The van der Waals surface area contributed by atoms with Crippen molar-refractivity contribution in [3.05, 3.63) is 0 Å². The highest BCUT2D eigenvalue weighted by molar-refractivity contribution is 7.99. The molecule has 1 N–H and O–H groups in total. The van der Waals surface area contributed by atoms with Crippen LogP contribution in [0, 0.1) is 0 Å². The van der Waals surface area contributed by atoms with E-state index in [9.17, 15) is 4.79 Å². The molecule has 70 valence electrons. The summed E-state index contributed by atoms with van der Waals surface area (Å²) in [5.41, 5.74) is 0. The SMILES string of the molecule is CC1CN(C(=O)[C@@H](C)O)CCS1. The average molecular weight is 189 g/mol. The average Bonchev–Trinajstić information content (AvgIpc) is 2.03. The molecule has 1 unspecified atom stereocenters. The summed E-state index contributed by atoms with van der Waals surface area (Å²) in [7, 11) is 0. The molecule has 0 aromatic rings. The molecule has 1 aliphatic heterocycles. The Morgan fingerprint density at radius 1 is 1.75 bits per heavy atom. The van der Waals surface area contributed by atoms with E-state index < -0.39 is 6.10 Å². The molecule has 1 amide bonds. The summed E-state index contributed by atoms with van der Waals surface area (Å²) >= 11 is 1.88. The Morgan fingerprint density at radius 2 is 2.42 bits per heavy atom. The number of aliphatic hydroxyl groups excluding tert-OH is 1. The van der Waals surface area contributed by atoms with Gasteiger partial charge in [0, 0.05) is 24.1 Å². The number of carbonyl (C=O) groups excluding carboxylic acids is 1. The van der Waals surface area contributed by atoms with Crippen LogP contribution in [-0.4, -0.2) is 46.1 Å². The molecule has 0 bridgehead atoms. The van der Waals surface area contributed by atoms with Crippen molar-refractivity contribution in [3.63, 3.8) is 0 Å². The van der Waals surface area contributed by atoms with E-state index in [2.05, 4.69) is 6.92 Å². The highest BCUT2D eigenvalue weighted by atomic mass is 32.2. The van der Waals surface area contributed by atoms with Crippen LogP contribution in [0.4, 0.5) is 0 Å². The van der Waals surface area contributed by atoms with Gasteiger partial charge < -0.3 is 10.0 Å². The normalized spacial score (nSPS) is 26.9. The fraction of sp³-hybridized carbons (Fsp3) is 0.875. The molecule has 4 heteroatoms. The summed E-state index contributed by atoms with van der Waals surface area (Å²) in [5.74, 6) is 0.849. The summed E-state index contributed by atoms with van der Waals surface area (Å²) in [5, 5.41) is 9.56. The van der Waals surface area contributed by atoms with Gasteiger partial charge in [0.1, 0.15) is 6.10 Å². The van der Waals surface area contributed by atoms with Gasteiger partial charge in [0.15, 0.2) is 0 Å². The molecule has 3 nitrogen and oxygen atoms in total. The third kappa shape index (κ3) is 2.38. The van der Waals surface area contributed by atoms with Crippen LogP contribution in [0.3, 0.4) is 0 Å². The summed E-state index contributed by atoms with van der Waals surface area (Å²) in [6, 6.07) is 0. The second kappa shape index (κ2) is 4.14. The quantitative estimate of drug-likeness (QED) is 0.646. The second-order valence-electron chi connectivity index (χ2n) is 3.14. The van der Waals surface area contributed by atoms with E-state index in [1.807, 2.05) is 11.8 Å². The first-order valence-corrected chi connectivity index (χ1v) is 5.24. The Hall–Kier alpha value is -0.220. The lowest BCUT2D eigenvalue weighted by molar-refractivity contribution is -0.139. The first kappa shape index (κ1) is 9.86. The smallest absolute Gasteiger partial charge is 0.251 e. The van der Waals surface area contributed by atoms with Crippen molar-refractivity contribution < 1.29 is 9.90 Å². The molecular formula is C8H15NO2S. The van der Waals surface area contributed by atoms with Gasteiger partial charge in [-0.05, 0) is 6.92 Å². The molecule has 1 heterocycles. The molecule has 1 aliphatic rings. The number of hydrogen-bond donors (Lipinski definition) is 1. The molecule has 0 aliphatic carbocycles. The van der Waals surface area contributed by atoms with E-state index in [1.165, 1.54) is 6.92 Å². The van der Waals surface area contributed by atoms with E-state index in [0.717, 1.165) is 18.8 Å². The number of amides is 1. The van der Waals surface area contributed by atoms with Crippen LogP contribution in [-0.2, 0) is 4.79 Å². The molecule has 12 heavy (non-hydrogen) atoms. The van der Waals surface area contributed by atoms with Crippen molar-refractivity contribution in [2.24, 2.45) is 0 Å². The molecule has 2 atom stereocenters. The monoisotopic (exact) mass is 189 g/mol. The maximum absolute atomic E-state index is 11.3. The van der Waals surface area contributed by atoms with E-state index in [4.69, 9.17) is 5.11 Å². The van der Waals surface area contributed by atoms with Gasteiger partial charge in [-0.2, -0.15) is 11.8 Å². The zero-order chi connectivity index (χ0) is 9.14. The predicted molar refractivity (Wildman–Crippen MR) is 50.2 cm³/mol. The van der Waals surface area contributed by atoms with Gasteiger partial charge in [-0.15, -0.1) is 0 Å². The number of thioether (sulfide) groups is 1. The van der Waals surface area contributed by atoms with Crippen molar-refractivity contribution in [2.45, 2.75) is 25.2 Å². The maximum Gasteiger partial charge on any atom is 0.251 e. The van der Waals surface area contributed by atoms with Gasteiger partial charge in [0.2, 0.25) is 0 Å². The lowest BCUT2D eigenvalue weighted by Crippen LogP contribution is -2.45. The molecule has 1 saturated heterocycles. The van der Waals surface area contributed by atoms with Crippen molar-refractivity contribution in [3.8, 4) is 0 Å². The summed E-state index contributed by atoms with van der Waals surface area (Å²) in [6.45, 7) is 5.17. The summed E-state index contributed by atoms with van der Waals surface area (Å²) in [4.78, 5) is 13.1. The molecular weight excluding hydrogens is 174 g/mol. The molecule has 0 aromatic heterocycles. The minimum atomic E-state index is -0.847. The minimum Gasteiger partial charge on any atom is -0.384 e. The fourth-order valence-corrected chi connectivity index (χ4v) is 2.30. The molecule has 0 spiro atoms. The molecule has 0 radical (unpaired) electrons. The van der Waals surface area contributed by atoms with Gasteiger partial charge in [0.25, 0.3) is 5.91 Å². The highest BCUT2D eigenvalue weighted by Crippen LogP contribution is 2.18. The van der Waals surface area contributed by atoms with Gasteiger partial charge in [-0.3, -0.25) is 4.79 Å². The lowest BCUT2D eigenvalue weighted by atomic mass is 10.3. The highest BCUT2D eigenvalue weighted by Gasteiger charge is 2.23. The third-order valence-corrected chi connectivity index (χ3v) is 3.05. The van der Waals surface area contributed by atoms with Gasteiger partial charge in [0.05, 0.1) is 0 Å². The fourth-order valence-electron chi connectivity index (χ4n) is 1.28. The van der Waals surface area contributed by atoms with Crippen LogP contribution in [0.25, 0.3) is 0 Å². The van der Waals surface area contributed by atoms with E-state index in [1.54, 1.807) is 4.90 Å². The second-order valence-corrected chi connectivity index (χ2v) is 4.69. The predicted octanol–water partition coefficient (Wildman–Crippen LogP) is 0.331. The number of hydrogen-bond acceptors (Lipinski definition) is 3. The standard InChI is InChI=1S/C8H15NO2S/c1-6-5-9(3-4-12-6)8(11)7(2)10/h6-7,10H,3-5H2,1-2H3/t6?,7-/m1/s1. The van der Waals surface area contributed by atoms with Crippen LogP contribution in [0.2, 0.25) is 0 Å². The zero-order valence-electron chi connectivity index (χ0n) is 7.49. The van der Waals surface area contributed by atoms with Crippen LogP contribution >= 0.6 is 11.8 Å². The largest absolute Gasteiger partial charge is 0.384 e. The Labute approximate surface area is 77.1 Å². The number of aliphatic hydroxyl groups is 1. The Balaban J connectivity index is 2.46. The molecule has 0 aromatic carbocycles. The number of nitrogens with zero attached hydrogens (tertiary/aromatic N) is 1. The summed E-state index contributed by atoms with van der Waals surface area (Å²) in [6.07, 6.45) is -0.847. The van der Waals surface area contributed by atoms with Crippen molar-refractivity contribution in [1.29, 1.82) is 0 Å². The molecule has 1 fully saturated rings. The maximum atomic E-state index is 11.3. The number of carbonyl (C=O) groups is 1. The van der Waals surface area contributed by atoms with Gasteiger partial charge >= 0.3 is 0 Å². The molecule has 0 saturated carbocycles. The first-order chi connectivity index (χ1) is 5.61. The van der Waals surface area contributed by atoms with Crippen molar-refractivity contribution in [1.82, 2.24) is 4.90 Å². The van der Waals surface area contributed by atoms with Crippen LogP contribution < -0.4 is 0 Å². The van der Waals surface area contributed by atoms with Crippen LogP contribution in [0.5, 0.6) is 0 Å². The Bertz CT molecular complexity index is 172. The third-order valence-electron chi connectivity index (χ3n) is 1.91. The van der Waals surface area contributed by atoms with E-state index in [0.29, 0.717) is 5.25 Å². The van der Waals surface area contributed by atoms with Crippen LogP contribution in [0.1, 0.15) is 13.8 Å². The zero-order valence-corrected chi connectivity index (χ0v) is 8.30. The van der Waals surface area contributed by atoms with E-state index >= 15 is 0 Å². The first-order valence-electron chi connectivity index (χ1n) is 4.19. The summed E-state index contributed by atoms with van der Waals surface area (Å²) < 4.78 is 0. The Kier molecular flexibility index (Phi) is 3.40. The van der Waals surface area contributed by atoms with Gasteiger partial charge in [-0.25, -0.2) is 0 Å². The lowest BCUT2D eigenvalue weighted by Gasteiger charge is -2.31. The van der Waals surface area contributed by atoms with Crippen molar-refractivity contribution >= 4 is 17.7 Å². The van der Waals surface area contributed by atoms with Crippen molar-refractivity contribution in [2.75, 3.05) is 18.8 Å². The minimum absolute atomic E-state index is 0.137. The Morgan fingerprint density at radius 3 is 2.92 bits per heavy atom. The van der Waals surface area contributed by atoms with Crippen LogP contribution in [0.15, 0.2) is 0 Å². The number of rotatable bonds is 1. The molecule has 1 rings (SSSR count). The topological polar surface area (TPSA) is 40.5 Å². The van der Waals surface area contributed by atoms with E-state index in [-0.39, 0.29) is 5.91 Å².